The molecule has 88 valence electrons. The lowest BCUT2D eigenvalue weighted by atomic mass is 10.3. The van der Waals surface area contributed by atoms with Gasteiger partial charge in [0.15, 0.2) is 5.75 Å². The molecule has 0 aliphatic heterocycles. The molecule has 0 amide bonds. The summed E-state index contributed by atoms with van der Waals surface area (Å²) >= 11 is 15.4. The van der Waals surface area contributed by atoms with Gasteiger partial charge in [-0.05, 0) is 6.07 Å². The summed E-state index contributed by atoms with van der Waals surface area (Å²) in [6.07, 6.45) is 0. The van der Waals surface area contributed by atoms with Gasteiger partial charge < -0.3 is 4.74 Å². The highest BCUT2D eigenvalue weighted by molar-refractivity contribution is 6.36. The van der Waals surface area contributed by atoms with Crippen molar-refractivity contribution < 1.29 is 18.4 Å². The Morgan fingerprint density at radius 3 is 2.31 bits per heavy atom. The normalized spacial score (nSPS) is 11.3. The lowest BCUT2D eigenvalue weighted by Crippen LogP contribution is -2.16. The fourth-order valence-corrected chi connectivity index (χ4v) is 1.44. The van der Waals surface area contributed by atoms with Gasteiger partial charge in [-0.3, -0.25) is 10.1 Å². The molecule has 0 unspecified atom stereocenters. The van der Waals surface area contributed by atoms with Crippen molar-refractivity contribution in [2.24, 2.45) is 0 Å². The fraction of sp³-hybridized carbons (Fsp3) is 0.143. The number of alkyl halides is 3. The monoisotopic (exact) mass is 291 g/mol. The number of rotatable bonds is 3. The zero-order chi connectivity index (χ0) is 12.5. The third kappa shape index (κ3) is 3.33. The molecule has 1 aromatic carbocycles. The number of ether oxygens (including phenoxy) is 1. The Bertz CT molecular complexity index is 436. The zero-order valence-corrected chi connectivity index (χ0v) is 9.48. The molecule has 1 rings (SSSR count). The van der Waals surface area contributed by atoms with Crippen molar-refractivity contribution in [3.05, 3.63) is 32.3 Å². The van der Waals surface area contributed by atoms with Gasteiger partial charge in [0, 0.05) is 11.6 Å². The van der Waals surface area contributed by atoms with Crippen LogP contribution in [0.2, 0.25) is 10.0 Å². The average Bonchev–Trinajstić information content (AvgIpc) is 2.07. The van der Waals surface area contributed by atoms with E-state index < -0.39 is 21.9 Å². The van der Waals surface area contributed by atoms with Crippen molar-refractivity contribution in [2.45, 2.75) is 5.57 Å². The molecule has 0 saturated carbocycles. The molecule has 0 radical (unpaired) electrons. The van der Waals surface area contributed by atoms with Crippen LogP contribution in [0.1, 0.15) is 0 Å². The van der Waals surface area contributed by atoms with Crippen molar-refractivity contribution in [3.8, 4) is 5.75 Å². The maximum Gasteiger partial charge on any atom is 0.487 e. The quantitative estimate of drug-likeness (QED) is 0.479. The highest BCUT2D eigenvalue weighted by Crippen LogP contribution is 2.38. The summed E-state index contributed by atoms with van der Waals surface area (Å²) in [6.45, 7) is 0. The Kier molecular flexibility index (Phi) is 3.77. The highest BCUT2D eigenvalue weighted by Gasteiger charge is 2.30. The Morgan fingerprint density at radius 1 is 1.31 bits per heavy atom. The second-order valence-electron chi connectivity index (χ2n) is 2.54. The maximum atomic E-state index is 12.3. The predicted octanol–water partition coefficient (Wildman–Crippen LogP) is 4.07. The van der Waals surface area contributed by atoms with Crippen molar-refractivity contribution in [2.75, 3.05) is 0 Å². The van der Waals surface area contributed by atoms with Gasteiger partial charge in [-0.25, -0.2) is 0 Å². The van der Waals surface area contributed by atoms with E-state index in [-0.39, 0.29) is 10.0 Å². The Labute approximate surface area is 103 Å². The molecule has 1 aromatic rings. The predicted molar refractivity (Wildman–Crippen MR) is 54.5 cm³/mol. The molecule has 9 heteroatoms. The largest absolute Gasteiger partial charge is 0.487 e. The molecule has 0 atom stereocenters. The first-order chi connectivity index (χ1) is 7.20. The summed E-state index contributed by atoms with van der Waals surface area (Å²) in [5.74, 6) is -0.627. The summed E-state index contributed by atoms with van der Waals surface area (Å²) < 4.78 is 28.5. The van der Waals surface area contributed by atoms with Crippen LogP contribution in [0.3, 0.4) is 0 Å². The van der Waals surface area contributed by atoms with Crippen molar-refractivity contribution in [1.82, 2.24) is 0 Å². The van der Waals surface area contributed by atoms with Gasteiger partial charge in [-0.1, -0.05) is 23.2 Å². The third-order valence-electron chi connectivity index (χ3n) is 1.42. The van der Waals surface area contributed by atoms with Crippen LogP contribution in [0, 0.1) is 10.1 Å². The molecular formula is C7H2Cl3F2NO3. The van der Waals surface area contributed by atoms with Crippen molar-refractivity contribution in [3.63, 3.8) is 0 Å². The van der Waals surface area contributed by atoms with Gasteiger partial charge in [-0.2, -0.15) is 0 Å². The highest BCUT2D eigenvalue weighted by atomic mass is 35.5. The van der Waals surface area contributed by atoms with Gasteiger partial charge in [0.05, 0.1) is 16.0 Å². The van der Waals surface area contributed by atoms with Crippen molar-refractivity contribution >= 4 is 40.5 Å². The Balaban J connectivity index is 3.20. The van der Waals surface area contributed by atoms with E-state index in [4.69, 9.17) is 23.2 Å². The third-order valence-corrected chi connectivity index (χ3v) is 2.10. The van der Waals surface area contributed by atoms with Crippen LogP contribution in [-0.4, -0.2) is 10.5 Å². The summed E-state index contributed by atoms with van der Waals surface area (Å²) in [5, 5.41) is 9.85. The van der Waals surface area contributed by atoms with Crippen molar-refractivity contribution in [1.29, 1.82) is 0 Å². The molecule has 0 heterocycles. The number of nitro groups is 1. The van der Waals surface area contributed by atoms with Crippen LogP contribution in [0.5, 0.6) is 5.75 Å². The smallest absolute Gasteiger partial charge is 0.418 e. The van der Waals surface area contributed by atoms with Crippen LogP contribution in [0.25, 0.3) is 0 Å². The molecule has 0 aromatic heterocycles. The van der Waals surface area contributed by atoms with Crippen LogP contribution in [0.4, 0.5) is 14.5 Å². The van der Waals surface area contributed by atoms with E-state index in [1.165, 1.54) is 0 Å². The van der Waals surface area contributed by atoms with E-state index in [9.17, 15) is 18.9 Å². The number of nitro benzene ring substituents is 1. The number of hydrogen-bond donors (Lipinski definition) is 0. The van der Waals surface area contributed by atoms with E-state index in [1.807, 2.05) is 0 Å². The SMILES string of the molecule is O=[N+]([O-])c1cc(OC(F)(F)Cl)c(Cl)cc1Cl. The Morgan fingerprint density at radius 2 is 1.88 bits per heavy atom. The molecule has 0 spiro atoms. The summed E-state index contributed by atoms with van der Waals surface area (Å²) in [7, 11) is 0. The topological polar surface area (TPSA) is 52.4 Å². The number of nitrogens with zero attached hydrogens (tertiary/aromatic N) is 1. The molecular weight excluding hydrogens is 290 g/mol. The molecule has 0 saturated heterocycles. The minimum Gasteiger partial charge on any atom is -0.418 e. The van der Waals surface area contributed by atoms with Gasteiger partial charge in [0.2, 0.25) is 0 Å². The van der Waals surface area contributed by atoms with Crippen LogP contribution < -0.4 is 4.74 Å². The number of benzene rings is 1. The standard InChI is InChI=1S/C7H2Cl3F2NO3/c8-3-1-4(9)6(16-7(10,11)12)2-5(3)13(14)15/h1-2H. The summed E-state index contributed by atoms with van der Waals surface area (Å²) in [5.41, 5.74) is -4.62. The maximum absolute atomic E-state index is 12.3. The number of halogens is 5. The molecule has 0 N–H and O–H groups in total. The molecule has 0 bridgehead atoms. The first kappa shape index (κ1) is 13.2. The summed E-state index contributed by atoms with van der Waals surface area (Å²) in [6, 6.07) is 1.58. The Hall–Kier alpha value is -0.850. The molecule has 0 aliphatic rings. The van der Waals surface area contributed by atoms with Gasteiger partial charge in [0.25, 0.3) is 5.69 Å². The number of hydrogen-bond acceptors (Lipinski definition) is 3. The van der Waals surface area contributed by atoms with Crippen LogP contribution in [0.15, 0.2) is 12.1 Å². The van der Waals surface area contributed by atoms with E-state index in [0.717, 1.165) is 6.07 Å². The second-order valence-corrected chi connectivity index (χ2v) is 3.79. The van der Waals surface area contributed by atoms with Gasteiger partial charge >= 0.3 is 5.57 Å². The zero-order valence-electron chi connectivity index (χ0n) is 7.22. The average molecular weight is 292 g/mol. The van der Waals surface area contributed by atoms with E-state index >= 15 is 0 Å². The lowest BCUT2D eigenvalue weighted by Gasteiger charge is -2.11. The van der Waals surface area contributed by atoms with E-state index in [2.05, 4.69) is 16.3 Å². The minimum atomic E-state index is -4.01. The molecule has 4 nitrogen and oxygen atoms in total. The summed E-state index contributed by atoms with van der Waals surface area (Å²) in [4.78, 5) is 9.59. The fourth-order valence-electron chi connectivity index (χ4n) is 0.861. The lowest BCUT2D eigenvalue weighted by molar-refractivity contribution is -0.384. The van der Waals surface area contributed by atoms with Gasteiger partial charge in [0.1, 0.15) is 5.02 Å². The van der Waals surface area contributed by atoms with Crippen LogP contribution in [-0.2, 0) is 0 Å². The van der Waals surface area contributed by atoms with E-state index in [1.54, 1.807) is 0 Å². The molecule has 16 heavy (non-hydrogen) atoms. The first-order valence-electron chi connectivity index (χ1n) is 3.60. The second kappa shape index (κ2) is 4.57. The van der Waals surface area contributed by atoms with E-state index in [0.29, 0.717) is 6.07 Å². The molecule has 0 fully saturated rings. The van der Waals surface area contributed by atoms with Crippen LogP contribution >= 0.6 is 34.8 Å². The molecule has 0 aliphatic carbocycles. The first-order valence-corrected chi connectivity index (χ1v) is 4.73. The van der Waals surface area contributed by atoms with Gasteiger partial charge in [-0.15, -0.1) is 8.78 Å². The minimum absolute atomic E-state index is 0.291.